The second-order valence-corrected chi connectivity index (χ2v) is 16.5. The number of hydrogen-bond acceptors (Lipinski definition) is 3. The number of benzene rings is 6. The molecule has 0 fully saturated rings. The second kappa shape index (κ2) is 15.1. The average Bonchev–Trinajstić information content (AvgIpc) is 3.92. The third-order valence-electron chi connectivity index (χ3n) is 11.7. The summed E-state index contributed by atoms with van der Waals surface area (Å²) in [7, 11) is 0. The van der Waals surface area contributed by atoms with Gasteiger partial charge in [0.2, 0.25) is 0 Å². The molecule has 5 heteroatoms. The van der Waals surface area contributed by atoms with E-state index < -0.39 is 0 Å². The van der Waals surface area contributed by atoms with E-state index in [2.05, 4.69) is 191 Å². The maximum Gasteiger partial charge on any atom is 0.144 e. The van der Waals surface area contributed by atoms with Gasteiger partial charge in [0, 0.05) is 41.8 Å². The zero-order valence-electron chi connectivity index (χ0n) is 34.4. The number of fused-ring (bicyclic) bond motifs is 5. The smallest absolute Gasteiger partial charge is 0.144 e. The maximum atomic E-state index is 6.73. The van der Waals surface area contributed by atoms with Crippen molar-refractivity contribution in [3.05, 3.63) is 180 Å². The minimum atomic E-state index is 0.136. The molecular formula is C53H50N4O. The van der Waals surface area contributed by atoms with Gasteiger partial charge in [-0.1, -0.05) is 127 Å². The quantitative estimate of drug-likeness (QED) is 0.147. The van der Waals surface area contributed by atoms with Gasteiger partial charge in [0.15, 0.2) is 0 Å². The van der Waals surface area contributed by atoms with Crippen LogP contribution in [0.3, 0.4) is 0 Å². The topological polar surface area (TPSA) is 44.9 Å². The largest absolute Gasteiger partial charge is 0.457 e. The van der Waals surface area contributed by atoms with Crippen molar-refractivity contribution in [3.8, 4) is 67.9 Å². The molecule has 5 nitrogen and oxygen atoms in total. The molecule has 0 amide bonds. The molecule has 6 aromatic carbocycles. The zero-order chi connectivity index (χ0) is 40.1. The summed E-state index contributed by atoms with van der Waals surface area (Å²) in [6, 6.07) is 45.7. The van der Waals surface area contributed by atoms with Crippen LogP contribution in [0.5, 0.6) is 11.5 Å². The Labute approximate surface area is 342 Å². The monoisotopic (exact) mass is 758 g/mol. The Morgan fingerprint density at radius 1 is 0.466 bits per heavy atom. The van der Waals surface area contributed by atoms with Crippen LogP contribution in [0.2, 0.25) is 0 Å². The molecule has 1 aliphatic heterocycles. The third-order valence-corrected chi connectivity index (χ3v) is 11.7. The predicted octanol–water partition coefficient (Wildman–Crippen LogP) is 14.4. The van der Waals surface area contributed by atoms with Crippen molar-refractivity contribution in [1.82, 2.24) is 19.1 Å². The van der Waals surface area contributed by atoms with Crippen LogP contribution in [0.25, 0.3) is 56.4 Å². The van der Waals surface area contributed by atoms with E-state index in [1.54, 1.807) is 0 Å². The molecule has 2 aromatic heterocycles. The lowest BCUT2D eigenvalue weighted by molar-refractivity contribution is 0.483. The predicted molar refractivity (Wildman–Crippen MR) is 239 cm³/mol. The minimum absolute atomic E-state index is 0.136. The normalized spacial score (nSPS) is 13.4. The molecule has 3 heterocycles. The van der Waals surface area contributed by atoms with Gasteiger partial charge in [-0.05, 0) is 116 Å². The molecule has 0 aliphatic carbocycles. The molecule has 0 radical (unpaired) electrons. The summed E-state index contributed by atoms with van der Waals surface area (Å²) in [4.78, 5) is 9.91. The molecule has 0 N–H and O–H groups in total. The van der Waals surface area contributed by atoms with Crippen molar-refractivity contribution in [2.24, 2.45) is 0 Å². The SMILES string of the molecule is CC(C)c1cc(-c2ccccc2)cc(C(C)C)c1-n1ccnc1-c1cccc(Oc2ccc3c(c2)-c2nccn2-c2c(C(C)C)cc(-c4ccccc4)cc2C3C)c1. The van der Waals surface area contributed by atoms with E-state index in [1.807, 2.05) is 18.5 Å². The Bertz CT molecular complexity index is 2720. The van der Waals surface area contributed by atoms with E-state index >= 15 is 0 Å². The molecule has 8 aromatic rings. The Hall–Kier alpha value is -6.46. The van der Waals surface area contributed by atoms with E-state index in [0.717, 1.165) is 34.3 Å². The summed E-state index contributed by atoms with van der Waals surface area (Å²) in [6.45, 7) is 16.0. The number of nitrogens with zero attached hydrogens (tertiary/aromatic N) is 4. The van der Waals surface area contributed by atoms with Crippen molar-refractivity contribution in [2.75, 3.05) is 0 Å². The highest BCUT2D eigenvalue weighted by molar-refractivity contribution is 5.77. The van der Waals surface area contributed by atoms with Gasteiger partial charge >= 0.3 is 0 Å². The van der Waals surface area contributed by atoms with Crippen LogP contribution >= 0.6 is 0 Å². The Morgan fingerprint density at radius 2 is 0.983 bits per heavy atom. The Kier molecular flexibility index (Phi) is 9.69. The van der Waals surface area contributed by atoms with Gasteiger partial charge in [-0.2, -0.15) is 0 Å². The molecule has 1 atom stereocenters. The molecule has 1 aliphatic rings. The van der Waals surface area contributed by atoms with Crippen LogP contribution in [-0.4, -0.2) is 19.1 Å². The van der Waals surface area contributed by atoms with Crippen LogP contribution in [0, 0.1) is 0 Å². The molecule has 0 saturated carbocycles. The van der Waals surface area contributed by atoms with Gasteiger partial charge in [0.25, 0.3) is 0 Å². The first kappa shape index (κ1) is 37.1. The first-order valence-electron chi connectivity index (χ1n) is 20.6. The van der Waals surface area contributed by atoms with Crippen molar-refractivity contribution >= 4 is 0 Å². The summed E-state index contributed by atoms with van der Waals surface area (Å²) in [5.74, 6) is 4.41. The van der Waals surface area contributed by atoms with Gasteiger partial charge in [-0.3, -0.25) is 9.13 Å². The van der Waals surface area contributed by atoms with E-state index in [1.165, 1.54) is 61.4 Å². The molecule has 0 bridgehead atoms. The fourth-order valence-corrected chi connectivity index (χ4v) is 8.71. The van der Waals surface area contributed by atoms with E-state index in [-0.39, 0.29) is 5.92 Å². The summed E-state index contributed by atoms with van der Waals surface area (Å²) in [6.07, 6.45) is 8.02. The number of ether oxygens (including phenoxy) is 1. The van der Waals surface area contributed by atoms with Gasteiger partial charge < -0.3 is 4.74 Å². The zero-order valence-corrected chi connectivity index (χ0v) is 34.4. The third kappa shape index (κ3) is 6.64. The molecule has 0 spiro atoms. The molecule has 9 rings (SSSR count). The summed E-state index contributed by atoms with van der Waals surface area (Å²) < 4.78 is 11.3. The summed E-state index contributed by atoms with van der Waals surface area (Å²) in [5, 5.41) is 0. The van der Waals surface area contributed by atoms with Crippen molar-refractivity contribution in [2.45, 2.75) is 72.1 Å². The van der Waals surface area contributed by atoms with Crippen LogP contribution in [0.4, 0.5) is 0 Å². The highest BCUT2D eigenvalue weighted by Gasteiger charge is 2.29. The second-order valence-electron chi connectivity index (χ2n) is 16.5. The highest BCUT2D eigenvalue weighted by atomic mass is 16.5. The van der Waals surface area contributed by atoms with Gasteiger partial charge in [-0.25, -0.2) is 9.97 Å². The van der Waals surface area contributed by atoms with E-state index in [4.69, 9.17) is 14.7 Å². The van der Waals surface area contributed by atoms with Crippen LogP contribution in [0.15, 0.2) is 152 Å². The molecule has 1 unspecified atom stereocenters. The van der Waals surface area contributed by atoms with E-state index in [9.17, 15) is 0 Å². The summed E-state index contributed by atoms with van der Waals surface area (Å²) in [5.41, 5.74) is 15.9. The van der Waals surface area contributed by atoms with Gasteiger partial charge in [0.05, 0.1) is 11.4 Å². The minimum Gasteiger partial charge on any atom is -0.457 e. The maximum absolute atomic E-state index is 6.73. The fourth-order valence-electron chi connectivity index (χ4n) is 8.71. The van der Waals surface area contributed by atoms with Crippen LogP contribution in [-0.2, 0) is 0 Å². The fraction of sp³-hybridized carbons (Fsp3) is 0.208. The first-order valence-corrected chi connectivity index (χ1v) is 20.6. The Balaban J connectivity index is 1.09. The first-order chi connectivity index (χ1) is 28.2. The lowest BCUT2D eigenvalue weighted by atomic mass is 9.84. The molecule has 0 saturated heterocycles. The van der Waals surface area contributed by atoms with Crippen LogP contribution in [0.1, 0.15) is 100.0 Å². The van der Waals surface area contributed by atoms with E-state index in [0.29, 0.717) is 17.8 Å². The van der Waals surface area contributed by atoms with Crippen LogP contribution < -0.4 is 4.74 Å². The number of rotatable bonds is 9. The van der Waals surface area contributed by atoms with Crippen molar-refractivity contribution in [3.63, 3.8) is 0 Å². The van der Waals surface area contributed by atoms with Crippen molar-refractivity contribution in [1.29, 1.82) is 0 Å². The molecular weight excluding hydrogens is 709 g/mol. The molecule has 288 valence electrons. The number of aromatic nitrogens is 4. The van der Waals surface area contributed by atoms with Gasteiger partial charge in [-0.15, -0.1) is 0 Å². The van der Waals surface area contributed by atoms with Crippen molar-refractivity contribution < 1.29 is 4.74 Å². The number of hydrogen-bond donors (Lipinski definition) is 0. The average molecular weight is 759 g/mol. The standard InChI is InChI=1S/C53H50N4O/c1-33(2)45-28-40(37-15-10-8-11-16-37)29-46(34(3)4)50(45)56-25-23-54-52(56)39-19-14-20-42(27-39)58-43-21-22-44-36(7)48-31-41(38-17-12-9-13-18-38)30-47(35(5)6)51(48)57-26-24-55-53(57)49(44)32-43/h8-36H,1-7H3. The summed E-state index contributed by atoms with van der Waals surface area (Å²) >= 11 is 0. The number of imidazole rings is 2. The Morgan fingerprint density at radius 3 is 1.59 bits per heavy atom. The molecule has 58 heavy (non-hydrogen) atoms. The lowest BCUT2D eigenvalue weighted by Crippen LogP contribution is -2.08. The highest BCUT2D eigenvalue weighted by Crippen LogP contribution is 2.46. The van der Waals surface area contributed by atoms with Gasteiger partial charge in [0.1, 0.15) is 23.1 Å². The lowest BCUT2D eigenvalue weighted by Gasteiger charge is -2.24.